The summed E-state index contributed by atoms with van der Waals surface area (Å²) in [6.07, 6.45) is 1.05. The minimum Gasteiger partial charge on any atom is -0.386 e. The molecule has 0 aliphatic carbocycles. The van der Waals surface area contributed by atoms with Crippen molar-refractivity contribution in [1.82, 2.24) is 0 Å². The van der Waals surface area contributed by atoms with Gasteiger partial charge in [0.15, 0.2) is 0 Å². The molecular weight excluding hydrogens is 250 g/mol. The Labute approximate surface area is 99.4 Å². The first-order valence-corrected chi connectivity index (χ1v) is 6.59. The molecule has 5 nitrogen and oxygen atoms in total. The number of sulfonamides is 1. The highest BCUT2D eigenvalue weighted by Crippen LogP contribution is 2.21. The van der Waals surface area contributed by atoms with Gasteiger partial charge < -0.3 is 5.73 Å². The van der Waals surface area contributed by atoms with Gasteiger partial charge in [0.1, 0.15) is 5.84 Å². The zero-order valence-electron chi connectivity index (χ0n) is 8.64. The molecule has 3 N–H and O–H groups in total. The molecule has 0 atom stereocenters. The summed E-state index contributed by atoms with van der Waals surface area (Å²) in [6, 6.07) is 6.37. The van der Waals surface area contributed by atoms with Crippen molar-refractivity contribution >= 4 is 33.1 Å². The minimum absolute atomic E-state index is 0.181. The van der Waals surface area contributed by atoms with Crippen LogP contribution in [0.25, 0.3) is 0 Å². The number of nitrogens with one attached hydrogen (secondary N) is 1. The zero-order chi connectivity index (χ0) is 12.3. The Morgan fingerprint density at radius 2 is 2.19 bits per heavy atom. The van der Waals surface area contributed by atoms with Gasteiger partial charge in [-0.3, -0.25) is 9.71 Å². The van der Waals surface area contributed by atoms with E-state index in [1.54, 1.807) is 18.2 Å². The number of halogens is 1. The summed E-state index contributed by atoms with van der Waals surface area (Å²) in [6.45, 7) is -0.181. The summed E-state index contributed by atoms with van der Waals surface area (Å²) in [5.74, 6) is -0.231. The van der Waals surface area contributed by atoms with E-state index in [-0.39, 0.29) is 12.4 Å². The van der Waals surface area contributed by atoms with E-state index in [0.717, 1.165) is 10.6 Å². The topological polar surface area (TPSA) is 87.2 Å². The Kier molecular flexibility index (Phi) is 3.77. The van der Waals surface area contributed by atoms with Crippen molar-refractivity contribution in [2.45, 2.75) is 0 Å². The monoisotopic (exact) mass is 261 g/mol. The summed E-state index contributed by atoms with van der Waals surface area (Å²) in [7, 11) is -3.48. The lowest BCUT2D eigenvalue weighted by Crippen LogP contribution is -2.37. The smallest absolute Gasteiger partial charge is 0.232 e. The van der Waals surface area contributed by atoms with Gasteiger partial charge >= 0.3 is 0 Å². The lowest BCUT2D eigenvalue weighted by molar-refractivity contribution is 0.599. The average Bonchev–Trinajstić information content (AvgIpc) is 2.12. The van der Waals surface area contributed by atoms with E-state index in [0.29, 0.717) is 10.7 Å². The van der Waals surface area contributed by atoms with E-state index in [4.69, 9.17) is 22.7 Å². The van der Waals surface area contributed by atoms with Gasteiger partial charge in [-0.1, -0.05) is 17.7 Å². The van der Waals surface area contributed by atoms with Crippen molar-refractivity contribution < 1.29 is 8.42 Å². The van der Waals surface area contributed by atoms with E-state index in [1.807, 2.05) is 0 Å². The molecule has 0 amide bonds. The summed E-state index contributed by atoms with van der Waals surface area (Å²) >= 11 is 5.77. The van der Waals surface area contributed by atoms with E-state index in [9.17, 15) is 8.42 Å². The molecule has 0 aliphatic rings. The maximum absolute atomic E-state index is 11.5. The van der Waals surface area contributed by atoms with Crippen LogP contribution in [0.2, 0.25) is 5.02 Å². The number of benzene rings is 1. The molecule has 0 bridgehead atoms. The third-order valence-electron chi connectivity index (χ3n) is 1.81. The predicted molar refractivity (Wildman–Crippen MR) is 65.6 cm³/mol. The molecule has 0 fully saturated rings. The quantitative estimate of drug-likeness (QED) is 0.627. The summed E-state index contributed by atoms with van der Waals surface area (Å²) in [4.78, 5) is 0. The molecule has 1 rings (SSSR count). The first kappa shape index (κ1) is 12.8. The van der Waals surface area contributed by atoms with E-state index in [1.165, 1.54) is 6.07 Å². The molecule has 0 heterocycles. The molecule has 16 heavy (non-hydrogen) atoms. The van der Waals surface area contributed by atoms with Crippen LogP contribution < -0.4 is 10.0 Å². The van der Waals surface area contributed by atoms with Gasteiger partial charge in [0, 0.05) is 5.02 Å². The molecular formula is C9H12ClN3O2S. The molecule has 0 unspecified atom stereocenters. The molecule has 7 heteroatoms. The molecule has 88 valence electrons. The van der Waals surface area contributed by atoms with Gasteiger partial charge in [0.25, 0.3) is 0 Å². The SMILES string of the molecule is CS(=O)(=O)N(CC(=N)N)c1cccc(Cl)c1. The van der Waals surface area contributed by atoms with Crippen LogP contribution >= 0.6 is 11.6 Å². The van der Waals surface area contributed by atoms with Crippen LogP contribution in [0, 0.1) is 5.41 Å². The lowest BCUT2D eigenvalue weighted by Gasteiger charge is -2.21. The second-order valence-corrected chi connectivity index (χ2v) is 5.62. The van der Waals surface area contributed by atoms with Gasteiger partial charge in [-0.05, 0) is 18.2 Å². The van der Waals surface area contributed by atoms with Crippen molar-refractivity contribution in [3.8, 4) is 0 Å². The zero-order valence-corrected chi connectivity index (χ0v) is 10.2. The summed E-state index contributed by atoms with van der Waals surface area (Å²) in [5.41, 5.74) is 5.60. The van der Waals surface area contributed by atoms with E-state index >= 15 is 0 Å². The van der Waals surface area contributed by atoms with Crippen LogP contribution in [-0.4, -0.2) is 27.1 Å². The van der Waals surface area contributed by atoms with Crippen LogP contribution in [-0.2, 0) is 10.0 Å². The number of nitrogens with zero attached hydrogens (tertiary/aromatic N) is 1. The molecule has 0 radical (unpaired) electrons. The van der Waals surface area contributed by atoms with Crippen LogP contribution in [0.3, 0.4) is 0 Å². The van der Waals surface area contributed by atoms with Crippen LogP contribution in [0.4, 0.5) is 5.69 Å². The number of anilines is 1. The standard InChI is InChI=1S/C9H12ClN3O2S/c1-16(14,15)13(6-9(11)12)8-4-2-3-7(10)5-8/h2-5H,6H2,1H3,(H3,11,12). The molecule has 1 aromatic carbocycles. The van der Waals surface area contributed by atoms with Gasteiger partial charge in [-0.2, -0.15) is 0 Å². The molecule has 1 aromatic rings. The lowest BCUT2D eigenvalue weighted by atomic mass is 10.3. The Bertz CT molecular complexity index is 501. The summed E-state index contributed by atoms with van der Waals surface area (Å²) in [5, 5.41) is 7.57. The van der Waals surface area contributed by atoms with E-state index in [2.05, 4.69) is 0 Å². The fourth-order valence-corrected chi connectivity index (χ4v) is 2.24. The fraction of sp³-hybridized carbons (Fsp3) is 0.222. The largest absolute Gasteiger partial charge is 0.386 e. The van der Waals surface area contributed by atoms with Gasteiger partial charge in [0.2, 0.25) is 10.0 Å². The first-order valence-electron chi connectivity index (χ1n) is 4.37. The molecule has 0 saturated heterocycles. The van der Waals surface area contributed by atoms with Crippen LogP contribution in [0.5, 0.6) is 0 Å². The van der Waals surface area contributed by atoms with Crippen molar-refractivity contribution in [3.05, 3.63) is 29.3 Å². The number of hydrogen-bond acceptors (Lipinski definition) is 3. The Balaban J connectivity index is 3.16. The second kappa shape index (κ2) is 4.71. The molecule has 0 aliphatic heterocycles. The Morgan fingerprint density at radius 1 is 1.56 bits per heavy atom. The molecule has 0 aromatic heterocycles. The molecule has 0 saturated carbocycles. The Hall–Kier alpha value is -1.27. The number of amidine groups is 1. The Morgan fingerprint density at radius 3 is 2.62 bits per heavy atom. The number of nitrogens with two attached hydrogens (primary N) is 1. The third kappa shape index (κ3) is 3.39. The van der Waals surface area contributed by atoms with Crippen molar-refractivity contribution in [2.75, 3.05) is 17.1 Å². The predicted octanol–water partition coefficient (Wildman–Crippen LogP) is 1.04. The van der Waals surface area contributed by atoms with Crippen molar-refractivity contribution in [1.29, 1.82) is 5.41 Å². The van der Waals surface area contributed by atoms with Crippen LogP contribution in [0.15, 0.2) is 24.3 Å². The van der Waals surface area contributed by atoms with Crippen molar-refractivity contribution in [2.24, 2.45) is 5.73 Å². The van der Waals surface area contributed by atoms with Crippen LogP contribution in [0.1, 0.15) is 0 Å². The maximum Gasteiger partial charge on any atom is 0.232 e. The highest BCUT2D eigenvalue weighted by Gasteiger charge is 2.18. The van der Waals surface area contributed by atoms with Gasteiger partial charge in [0.05, 0.1) is 18.5 Å². The van der Waals surface area contributed by atoms with Gasteiger partial charge in [-0.25, -0.2) is 8.42 Å². The maximum atomic E-state index is 11.5. The number of rotatable bonds is 4. The second-order valence-electron chi connectivity index (χ2n) is 3.27. The molecule has 0 spiro atoms. The highest BCUT2D eigenvalue weighted by molar-refractivity contribution is 7.92. The van der Waals surface area contributed by atoms with Gasteiger partial charge in [-0.15, -0.1) is 0 Å². The minimum atomic E-state index is -3.48. The normalized spacial score (nSPS) is 11.1. The summed E-state index contributed by atoms with van der Waals surface area (Å²) < 4.78 is 24.0. The fourth-order valence-electron chi connectivity index (χ4n) is 1.19. The third-order valence-corrected chi connectivity index (χ3v) is 3.19. The number of hydrogen-bond donors (Lipinski definition) is 2. The van der Waals surface area contributed by atoms with E-state index < -0.39 is 10.0 Å². The van der Waals surface area contributed by atoms with Crippen molar-refractivity contribution in [3.63, 3.8) is 0 Å². The first-order chi connectivity index (χ1) is 7.30. The average molecular weight is 262 g/mol. The highest BCUT2D eigenvalue weighted by atomic mass is 35.5.